The van der Waals surface area contributed by atoms with Gasteiger partial charge in [-0.2, -0.15) is 4.98 Å². The van der Waals surface area contributed by atoms with Crippen LogP contribution in [0.2, 0.25) is 10.0 Å². The highest BCUT2D eigenvalue weighted by Gasteiger charge is 2.19. The Bertz CT molecular complexity index is 535. The molecule has 1 aromatic carbocycles. The van der Waals surface area contributed by atoms with Crippen molar-refractivity contribution >= 4 is 23.2 Å². The smallest absolute Gasteiger partial charge is 0.232 e. The van der Waals surface area contributed by atoms with Gasteiger partial charge in [-0.25, -0.2) is 0 Å². The summed E-state index contributed by atoms with van der Waals surface area (Å²) in [6.07, 6.45) is -0.554. The van der Waals surface area contributed by atoms with Crippen molar-refractivity contribution in [1.29, 1.82) is 0 Å². The van der Waals surface area contributed by atoms with E-state index in [9.17, 15) is 5.11 Å². The van der Waals surface area contributed by atoms with Crippen LogP contribution in [0.15, 0.2) is 22.7 Å². The maximum atomic E-state index is 9.47. The molecule has 0 aliphatic heterocycles. The van der Waals surface area contributed by atoms with Crippen molar-refractivity contribution in [3.05, 3.63) is 34.1 Å². The number of rotatable bonds is 3. The fourth-order valence-electron chi connectivity index (χ4n) is 1.43. The normalized spacial score (nSPS) is 14.5. The number of aliphatic hydroxyl groups is 1. The van der Waals surface area contributed by atoms with Crippen LogP contribution < -0.4 is 0 Å². The Balaban J connectivity index is 2.35. The van der Waals surface area contributed by atoms with Gasteiger partial charge in [0.25, 0.3) is 0 Å². The fraction of sp³-hybridized carbons (Fsp3) is 0.333. The summed E-state index contributed by atoms with van der Waals surface area (Å²) in [5.74, 6) is 0.568. The third-order valence-corrected chi connectivity index (χ3v) is 3.11. The molecule has 0 aliphatic rings. The maximum absolute atomic E-state index is 9.47. The number of benzene rings is 1. The van der Waals surface area contributed by atoms with Gasteiger partial charge in [-0.15, -0.1) is 0 Å². The first-order chi connectivity index (χ1) is 8.47. The van der Waals surface area contributed by atoms with Gasteiger partial charge >= 0.3 is 0 Å². The van der Waals surface area contributed by atoms with E-state index in [-0.39, 0.29) is 5.92 Å². The first-order valence-corrected chi connectivity index (χ1v) is 6.21. The second-order valence-electron chi connectivity index (χ2n) is 4.14. The molecule has 0 radical (unpaired) electrons. The Kier molecular flexibility index (Phi) is 3.90. The lowest BCUT2D eigenvalue weighted by atomic mass is 10.1. The summed E-state index contributed by atoms with van der Waals surface area (Å²) in [6, 6.07) is 5.04. The molecule has 2 rings (SSSR count). The van der Waals surface area contributed by atoms with Crippen molar-refractivity contribution in [2.24, 2.45) is 0 Å². The Labute approximate surface area is 115 Å². The second-order valence-corrected chi connectivity index (χ2v) is 5.02. The molecule has 0 aliphatic carbocycles. The quantitative estimate of drug-likeness (QED) is 0.938. The minimum Gasteiger partial charge on any atom is -0.393 e. The van der Waals surface area contributed by atoms with Gasteiger partial charge in [0.2, 0.25) is 11.7 Å². The predicted octanol–water partition coefficient (Wildman–Crippen LogP) is 3.53. The van der Waals surface area contributed by atoms with Crippen molar-refractivity contribution in [1.82, 2.24) is 10.1 Å². The van der Waals surface area contributed by atoms with Crippen molar-refractivity contribution < 1.29 is 9.63 Å². The Morgan fingerprint density at radius 3 is 2.33 bits per heavy atom. The molecule has 96 valence electrons. The van der Waals surface area contributed by atoms with Gasteiger partial charge < -0.3 is 9.63 Å². The summed E-state index contributed by atoms with van der Waals surface area (Å²) in [6.45, 7) is 3.48. The van der Waals surface area contributed by atoms with Crippen LogP contribution in [0.25, 0.3) is 11.4 Å². The van der Waals surface area contributed by atoms with Crippen LogP contribution in [-0.4, -0.2) is 21.4 Å². The van der Waals surface area contributed by atoms with Gasteiger partial charge in [-0.1, -0.05) is 35.3 Å². The van der Waals surface area contributed by atoms with Gasteiger partial charge in [-0.3, -0.25) is 0 Å². The fourth-order valence-corrected chi connectivity index (χ4v) is 1.95. The minimum atomic E-state index is -0.554. The third-order valence-electron chi connectivity index (χ3n) is 2.68. The Morgan fingerprint density at radius 2 is 1.78 bits per heavy atom. The standard InChI is InChI=1S/C12H12Cl2N2O2/c1-6(7(2)17)12-15-11(16-18-12)8-3-9(13)5-10(14)4-8/h3-7,17H,1-2H3. The molecule has 1 heterocycles. The monoisotopic (exact) mass is 286 g/mol. The van der Waals surface area contributed by atoms with E-state index in [0.717, 1.165) is 0 Å². The van der Waals surface area contributed by atoms with Gasteiger partial charge in [-0.05, 0) is 25.1 Å². The van der Waals surface area contributed by atoms with Gasteiger partial charge in [0.15, 0.2) is 0 Å². The summed E-state index contributed by atoms with van der Waals surface area (Å²) < 4.78 is 5.11. The molecule has 0 fully saturated rings. The number of aliphatic hydroxyl groups excluding tert-OH is 1. The molecule has 6 heteroatoms. The molecular formula is C12H12Cl2N2O2. The number of aromatic nitrogens is 2. The van der Waals surface area contributed by atoms with Crippen molar-refractivity contribution in [2.75, 3.05) is 0 Å². The molecule has 18 heavy (non-hydrogen) atoms. The van der Waals surface area contributed by atoms with Crippen LogP contribution in [0, 0.1) is 0 Å². The summed E-state index contributed by atoms with van der Waals surface area (Å²) in [5, 5.41) is 14.3. The van der Waals surface area contributed by atoms with Crippen LogP contribution in [0.4, 0.5) is 0 Å². The third kappa shape index (κ3) is 2.83. The molecule has 0 spiro atoms. The Morgan fingerprint density at radius 1 is 1.17 bits per heavy atom. The minimum absolute atomic E-state index is 0.221. The second kappa shape index (κ2) is 5.26. The predicted molar refractivity (Wildman–Crippen MR) is 69.8 cm³/mol. The lowest BCUT2D eigenvalue weighted by Gasteiger charge is -2.08. The first kappa shape index (κ1) is 13.3. The van der Waals surface area contributed by atoms with Crippen LogP contribution in [0.5, 0.6) is 0 Å². The highest BCUT2D eigenvalue weighted by atomic mass is 35.5. The lowest BCUT2D eigenvalue weighted by molar-refractivity contribution is 0.151. The van der Waals surface area contributed by atoms with E-state index in [1.165, 1.54) is 0 Å². The molecular weight excluding hydrogens is 275 g/mol. The molecule has 0 saturated heterocycles. The van der Waals surface area contributed by atoms with E-state index in [0.29, 0.717) is 27.3 Å². The number of hydrogen-bond acceptors (Lipinski definition) is 4. The van der Waals surface area contributed by atoms with Gasteiger partial charge in [0.1, 0.15) is 0 Å². The van der Waals surface area contributed by atoms with E-state index in [2.05, 4.69) is 10.1 Å². The molecule has 1 aromatic heterocycles. The number of nitrogens with zero attached hydrogens (tertiary/aromatic N) is 2. The van der Waals surface area contributed by atoms with Crippen molar-refractivity contribution in [3.63, 3.8) is 0 Å². The zero-order valence-corrected chi connectivity index (χ0v) is 11.4. The van der Waals surface area contributed by atoms with Crippen LogP contribution in [0.3, 0.4) is 0 Å². The van der Waals surface area contributed by atoms with Crippen LogP contribution in [-0.2, 0) is 0 Å². The summed E-state index contributed by atoms with van der Waals surface area (Å²) in [4.78, 5) is 4.23. The number of halogens is 2. The van der Waals surface area contributed by atoms with E-state index >= 15 is 0 Å². The molecule has 1 N–H and O–H groups in total. The molecule has 2 unspecified atom stereocenters. The van der Waals surface area contributed by atoms with Crippen molar-refractivity contribution in [2.45, 2.75) is 25.9 Å². The van der Waals surface area contributed by atoms with E-state index < -0.39 is 6.10 Å². The molecule has 2 aromatic rings. The summed E-state index contributed by atoms with van der Waals surface area (Å²) in [5.41, 5.74) is 0.681. The summed E-state index contributed by atoms with van der Waals surface area (Å²) >= 11 is 11.8. The molecule has 0 amide bonds. The molecule has 0 bridgehead atoms. The summed E-state index contributed by atoms with van der Waals surface area (Å²) in [7, 11) is 0. The van der Waals surface area contributed by atoms with E-state index in [4.69, 9.17) is 27.7 Å². The molecule has 2 atom stereocenters. The lowest BCUT2D eigenvalue weighted by Crippen LogP contribution is -2.11. The van der Waals surface area contributed by atoms with Crippen LogP contribution in [0.1, 0.15) is 25.7 Å². The van der Waals surface area contributed by atoms with E-state index in [1.54, 1.807) is 25.1 Å². The zero-order valence-electron chi connectivity index (χ0n) is 9.89. The SMILES string of the molecule is CC(O)C(C)c1nc(-c2cc(Cl)cc(Cl)c2)no1. The topological polar surface area (TPSA) is 59.2 Å². The zero-order chi connectivity index (χ0) is 13.3. The average molecular weight is 287 g/mol. The molecule has 0 saturated carbocycles. The number of hydrogen-bond donors (Lipinski definition) is 1. The van der Waals surface area contributed by atoms with Crippen LogP contribution >= 0.6 is 23.2 Å². The van der Waals surface area contributed by atoms with Gasteiger partial charge in [0, 0.05) is 15.6 Å². The molecule has 4 nitrogen and oxygen atoms in total. The highest BCUT2D eigenvalue weighted by molar-refractivity contribution is 6.35. The first-order valence-electron chi connectivity index (χ1n) is 5.45. The highest BCUT2D eigenvalue weighted by Crippen LogP contribution is 2.27. The average Bonchev–Trinajstić information content (AvgIpc) is 2.75. The van der Waals surface area contributed by atoms with Gasteiger partial charge in [0.05, 0.1) is 12.0 Å². The van der Waals surface area contributed by atoms with E-state index in [1.807, 2.05) is 6.92 Å². The largest absolute Gasteiger partial charge is 0.393 e. The Hall–Kier alpha value is -1.10. The van der Waals surface area contributed by atoms with Crippen molar-refractivity contribution in [3.8, 4) is 11.4 Å². The maximum Gasteiger partial charge on any atom is 0.232 e.